The number of rotatable bonds is 7. The normalized spacial score (nSPS) is 15.4. The van der Waals surface area contributed by atoms with Gasteiger partial charge >= 0.3 is 0 Å². The van der Waals surface area contributed by atoms with Crippen LogP contribution in [0.15, 0.2) is 54.6 Å². The zero-order valence-electron chi connectivity index (χ0n) is 16.1. The lowest BCUT2D eigenvalue weighted by Crippen LogP contribution is -2.49. The van der Waals surface area contributed by atoms with E-state index in [1.807, 2.05) is 59.5 Å². The third-order valence-corrected chi connectivity index (χ3v) is 5.71. The van der Waals surface area contributed by atoms with Gasteiger partial charge in [-0.2, -0.15) is 0 Å². The number of nitrogens with zero attached hydrogens (tertiary/aromatic N) is 2. The average molecular weight is 403 g/mol. The molecule has 3 rings (SSSR count). The first-order chi connectivity index (χ1) is 13.4. The first kappa shape index (κ1) is 20.4. The van der Waals surface area contributed by atoms with Crippen molar-refractivity contribution in [1.82, 2.24) is 9.80 Å². The lowest BCUT2D eigenvalue weighted by Gasteiger charge is -2.34. The fourth-order valence-electron chi connectivity index (χ4n) is 3.08. The van der Waals surface area contributed by atoms with Crippen LogP contribution in [0.25, 0.3) is 0 Å². The summed E-state index contributed by atoms with van der Waals surface area (Å²) in [5, 5.41) is 0. The van der Waals surface area contributed by atoms with E-state index in [0.717, 1.165) is 11.3 Å². The van der Waals surface area contributed by atoms with Gasteiger partial charge in [0.1, 0.15) is 22.2 Å². The lowest BCUT2D eigenvalue weighted by molar-refractivity contribution is 0.0644. The Bertz CT molecular complexity index is 874. The molecule has 28 heavy (non-hydrogen) atoms. The minimum atomic E-state index is -2.96. The molecule has 0 unspecified atom stereocenters. The molecule has 2 aromatic rings. The second-order valence-electron chi connectivity index (χ2n) is 7.06. The Hall–Kier alpha value is -2.38. The van der Waals surface area contributed by atoms with Gasteiger partial charge in [-0.1, -0.05) is 30.3 Å². The molecule has 150 valence electrons. The van der Waals surface area contributed by atoms with Crippen molar-refractivity contribution in [3.63, 3.8) is 0 Å². The molecule has 1 heterocycles. The number of piperazine rings is 1. The van der Waals surface area contributed by atoms with Crippen molar-refractivity contribution < 1.29 is 17.9 Å². The van der Waals surface area contributed by atoms with Gasteiger partial charge in [0, 0.05) is 44.5 Å². The van der Waals surface area contributed by atoms with Crippen molar-refractivity contribution in [3.05, 3.63) is 65.7 Å². The molecule has 6 nitrogen and oxygen atoms in total. The molecule has 1 fully saturated rings. The Morgan fingerprint density at radius 1 is 0.964 bits per heavy atom. The molecule has 1 saturated heterocycles. The monoisotopic (exact) mass is 402 g/mol. The summed E-state index contributed by atoms with van der Waals surface area (Å²) in [6.07, 6.45) is 1.25. The highest BCUT2D eigenvalue weighted by molar-refractivity contribution is 7.90. The standard InChI is InChI=1S/C21H26N2O4S/c1-28(25,26)16-15-22-11-13-23(14-12-22)21(24)19-9-7-18(8-10-19)17-27-20-5-3-2-4-6-20/h2-10H,11-17H2,1H3. The molecule has 1 aliphatic heterocycles. The van der Waals surface area contributed by atoms with Gasteiger partial charge in [-0.05, 0) is 29.8 Å². The maximum Gasteiger partial charge on any atom is 0.253 e. The summed E-state index contributed by atoms with van der Waals surface area (Å²) in [6.45, 7) is 3.60. The molecule has 2 aromatic carbocycles. The van der Waals surface area contributed by atoms with E-state index in [2.05, 4.69) is 4.90 Å². The molecule has 1 amide bonds. The Balaban J connectivity index is 1.48. The molecule has 0 spiro atoms. The van der Waals surface area contributed by atoms with Crippen LogP contribution in [0, 0.1) is 0 Å². The number of para-hydroxylation sites is 1. The summed E-state index contributed by atoms with van der Waals surface area (Å²) in [5.41, 5.74) is 1.67. The van der Waals surface area contributed by atoms with E-state index >= 15 is 0 Å². The van der Waals surface area contributed by atoms with Crippen LogP contribution >= 0.6 is 0 Å². The highest BCUT2D eigenvalue weighted by Gasteiger charge is 2.22. The van der Waals surface area contributed by atoms with E-state index in [0.29, 0.717) is 44.9 Å². The molecule has 0 aromatic heterocycles. The van der Waals surface area contributed by atoms with Crippen molar-refractivity contribution in [2.45, 2.75) is 6.61 Å². The number of amides is 1. The quantitative estimate of drug-likeness (QED) is 0.709. The number of carbonyl (C=O) groups excluding carboxylic acids is 1. The molecule has 0 aliphatic carbocycles. The summed E-state index contributed by atoms with van der Waals surface area (Å²) >= 11 is 0. The predicted molar refractivity (Wildman–Crippen MR) is 109 cm³/mol. The van der Waals surface area contributed by atoms with Crippen molar-refractivity contribution in [3.8, 4) is 5.75 Å². The highest BCUT2D eigenvalue weighted by Crippen LogP contribution is 2.14. The van der Waals surface area contributed by atoms with Gasteiger partial charge < -0.3 is 9.64 Å². The van der Waals surface area contributed by atoms with Crippen LogP contribution < -0.4 is 4.74 Å². The summed E-state index contributed by atoms with van der Waals surface area (Å²) < 4.78 is 28.3. The van der Waals surface area contributed by atoms with E-state index in [9.17, 15) is 13.2 Å². The lowest BCUT2D eigenvalue weighted by atomic mass is 10.1. The van der Waals surface area contributed by atoms with Crippen LogP contribution in [0.5, 0.6) is 5.75 Å². The summed E-state index contributed by atoms with van der Waals surface area (Å²) in [5.74, 6) is 0.989. The number of ether oxygens (including phenoxy) is 1. The molecule has 0 atom stereocenters. The first-order valence-corrected chi connectivity index (χ1v) is 11.4. The third kappa shape index (κ3) is 6.07. The Kier molecular flexibility index (Phi) is 6.70. The SMILES string of the molecule is CS(=O)(=O)CCN1CCN(C(=O)c2ccc(COc3ccccc3)cc2)CC1. The van der Waals surface area contributed by atoms with E-state index in [-0.39, 0.29) is 11.7 Å². The highest BCUT2D eigenvalue weighted by atomic mass is 32.2. The largest absolute Gasteiger partial charge is 0.489 e. The summed E-state index contributed by atoms with van der Waals surface area (Å²) in [7, 11) is -2.96. The fraction of sp³-hybridized carbons (Fsp3) is 0.381. The van der Waals surface area contributed by atoms with Crippen LogP contribution in [0.1, 0.15) is 15.9 Å². The first-order valence-electron chi connectivity index (χ1n) is 9.37. The molecule has 0 radical (unpaired) electrons. The molecular weight excluding hydrogens is 376 g/mol. The Morgan fingerprint density at radius 2 is 1.61 bits per heavy atom. The number of sulfone groups is 1. The molecule has 0 bridgehead atoms. The number of benzene rings is 2. The second-order valence-corrected chi connectivity index (χ2v) is 9.32. The molecule has 0 N–H and O–H groups in total. The van der Waals surface area contributed by atoms with Crippen LogP contribution in [0.2, 0.25) is 0 Å². The van der Waals surface area contributed by atoms with Crippen LogP contribution in [0.3, 0.4) is 0 Å². The second kappa shape index (κ2) is 9.21. The predicted octanol–water partition coefficient (Wildman–Crippen LogP) is 2.07. The van der Waals surface area contributed by atoms with Crippen LogP contribution in [0.4, 0.5) is 0 Å². The van der Waals surface area contributed by atoms with E-state index in [1.54, 1.807) is 0 Å². The van der Waals surface area contributed by atoms with E-state index < -0.39 is 9.84 Å². The van der Waals surface area contributed by atoms with Crippen LogP contribution in [-0.2, 0) is 16.4 Å². The minimum absolute atomic E-state index is 0.0123. The Morgan fingerprint density at radius 3 is 2.21 bits per heavy atom. The van der Waals surface area contributed by atoms with Gasteiger partial charge in [-0.3, -0.25) is 9.69 Å². The summed E-state index contributed by atoms with van der Waals surface area (Å²) in [4.78, 5) is 16.6. The number of hydrogen-bond acceptors (Lipinski definition) is 5. The fourth-order valence-corrected chi connectivity index (χ4v) is 3.67. The van der Waals surface area contributed by atoms with Crippen molar-refractivity contribution in [2.24, 2.45) is 0 Å². The van der Waals surface area contributed by atoms with Crippen molar-refractivity contribution >= 4 is 15.7 Å². The van der Waals surface area contributed by atoms with E-state index in [1.165, 1.54) is 6.26 Å². The Labute approximate surface area is 166 Å². The topological polar surface area (TPSA) is 66.9 Å². The number of hydrogen-bond donors (Lipinski definition) is 0. The summed E-state index contributed by atoms with van der Waals surface area (Å²) in [6, 6.07) is 17.1. The zero-order valence-corrected chi connectivity index (χ0v) is 16.9. The number of carbonyl (C=O) groups is 1. The van der Waals surface area contributed by atoms with Gasteiger partial charge in [-0.15, -0.1) is 0 Å². The third-order valence-electron chi connectivity index (χ3n) is 4.79. The zero-order chi connectivity index (χ0) is 20.0. The van der Waals surface area contributed by atoms with Crippen molar-refractivity contribution in [2.75, 3.05) is 44.7 Å². The van der Waals surface area contributed by atoms with Gasteiger partial charge in [-0.25, -0.2) is 8.42 Å². The van der Waals surface area contributed by atoms with Gasteiger partial charge in [0.2, 0.25) is 0 Å². The van der Waals surface area contributed by atoms with Gasteiger partial charge in [0.25, 0.3) is 5.91 Å². The molecule has 1 aliphatic rings. The average Bonchev–Trinajstić information content (AvgIpc) is 2.71. The molecule has 7 heteroatoms. The van der Waals surface area contributed by atoms with Crippen LogP contribution in [-0.4, -0.2) is 68.9 Å². The van der Waals surface area contributed by atoms with Gasteiger partial charge in [0.15, 0.2) is 0 Å². The maximum atomic E-state index is 12.7. The van der Waals surface area contributed by atoms with Gasteiger partial charge in [0.05, 0.1) is 5.75 Å². The maximum absolute atomic E-state index is 12.7. The minimum Gasteiger partial charge on any atom is -0.489 e. The van der Waals surface area contributed by atoms with E-state index in [4.69, 9.17) is 4.74 Å². The molecular formula is C21H26N2O4S. The molecule has 0 saturated carbocycles. The smallest absolute Gasteiger partial charge is 0.253 e. The van der Waals surface area contributed by atoms with Crippen molar-refractivity contribution in [1.29, 1.82) is 0 Å².